The normalized spacial score (nSPS) is 10.9. The van der Waals surface area contributed by atoms with E-state index in [0.29, 0.717) is 17.0 Å². The lowest BCUT2D eigenvalue weighted by atomic mass is 9.92. The van der Waals surface area contributed by atoms with Crippen LogP contribution in [0.4, 0.5) is 5.69 Å². The fourth-order valence-electron chi connectivity index (χ4n) is 2.96. The van der Waals surface area contributed by atoms with Crippen LogP contribution >= 0.6 is 0 Å². The maximum Gasteiger partial charge on any atom is 0.340 e. The molecule has 1 aromatic heterocycles. The van der Waals surface area contributed by atoms with E-state index in [1.165, 1.54) is 18.2 Å². The number of carbonyl (C=O) groups is 2. The quantitative estimate of drug-likeness (QED) is 0.401. The van der Waals surface area contributed by atoms with Crippen LogP contribution in [0.3, 0.4) is 0 Å². The first-order chi connectivity index (χ1) is 13.5. The first-order valence-corrected chi connectivity index (χ1v) is 9.20. The highest BCUT2D eigenvalue weighted by Crippen LogP contribution is 2.34. The zero-order chi connectivity index (χ0) is 21.9. The average molecular weight is 400 g/mol. The number of ether oxygens (including phenoxy) is 2. The van der Waals surface area contributed by atoms with Crippen molar-refractivity contribution < 1.29 is 24.0 Å². The Morgan fingerprint density at radius 2 is 1.45 bits per heavy atom. The van der Waals surface area contributed by atoms with Crippen molar-refractivity contribution in [3.63, 3.8) is 0 Å². The van der Waals surface area contributed by atoms with Crippen LogP contribution in [0.1, 0.15) is 59.8 Å². The minimum atomic E-state index is -0.662. The maximum absolute atomic E-state index is 12.8. The molecule has 0 amide bonds. The molecule has 0 N–H and O–H groups in total. The molecule has 1 heterocycles. The van der Waals surface area contributed by atoms with Gasteiger partial charge < -0.3 is 9.47 Å². The van der Waals surface area contributed by atoms with Gasteiger partial charge in [-0.15, -0.1) is 0 Å². The number of carbonyl (C=O) groups excluding carboxylic acids is 2. The van der Waals surface area contributed by atoms with Gasteiger partial charge in [-0.1, -0.05) is 12.1 Å². The van der Waals surface area contributed by atoms with Gasteiger partial charge in [-0.3, -0.25) is 15.1 Å². The number of rotatable bonds is 6. The van der Waals surface area contributed by atoms with E-state index in [0.717, 1.165) is 0 Å². The molecule has 154 valence electrons. The zero-order valence-electron chi connectivity index (χ0n) is 17.3. The predicted molar refractivity (Wildman–Crippen MR) is 107 cm³/mol. The van der Waals surface area contributed by atoms with Gasteiger partial charge >= 0.3 is 11.9 Å². The van der Waals surface area contributed by atoms with E-state index in [4.69, 9.17) is 9.47 Å². The number of hydrogen-bond donors (Lipinski definition) is 0. The molecule has 0 aliphatic rings. The number of benzene rings is 1. The molecule has 0 aliphatic carbocycles. The summed E-state index contributed by atoms with van der Waals surface area (Å²) in [6.45, 7) is 10.1. The Bertz CT molecular complexity index is 920. The molecule has 0 fully saturated rings. The Kier molecular flexibility index (Phi) is 6.68. The Hall–Kier alpha value is -3.29. The molecular weight excluding hydrogens is 376 g/mol. The lowest BCUT2D eigenvalue weighted by Gasteiger charge is -2.19. The molecule has 2 rings (SSSR count). The van der Waals surface area contributed by atoms with Gasteiger partial charge in [0.05, 0.1) is 39.6 Å². The van der Waals surface area contributed by atoms with Crippen LogP contribution < -0.4 is 0 Å². The smallest absolute Gasteiger partial charge is 0.340 e. The number of esters is 2. The summed E-state index contributed by atoms with van der Waals surface area (Å²) in [5.41, 5.74) is 1.27. The molecule has 0 aliphatic heterocycles. The molecule has 0 spiro atoms. The van der Waals surface area contributed by atoms with Gasteiger partial charge in [0.15, 0.2) is 0 Å². The summed E-state index contributed by atoms with van der Waals surface area (Å²) >= 11 is 0. The van der Waals surface area contributed by atoms with Crippen molar-refractivity contribution in [1.82, 2.24) is 4.98 Å². The van der Waals surface area contributed by atoms with Gasteiger partial charge in [-0.2, -0.15) is 0 Å². The molecule has 8 heteroatoms. The van der Waals surface area contributed by atoms with Crippen molar-refractivity contribution in [2.45, 2.75) is 53.8 Å². The largest absolute Gasteiger partial charge is 0.459 e. The summed E-state index contributed by atoms with van der Waals surface area (Å²) in [5, 5.41) is 11.3. The zero-order valence-corrected chi connectivity index (χ0v) is 17.3. The molecule has 0 saturated carbocycles. The molecule has 2 aromatic rings. The fraction of sp³-hybridized carbons (Fsp3) is 0.381. The van der Waals surface area contributed by atoms with E-state index >= 15 is 0 Å². The molecule has 1 aromatic carbocycles. The van der Waals surface area contributed by atoms with Gasteiger partial charge in [-0.25, -0.2) is 9.59 Å². The second-order valence-electron chi connectivity index (χ2n) is 7.12. The lowest BCUT2D eigenvalue weighted by molar-refractivity contribution is -0.384. The van der Waals surface area contributed by atoms with E-state index in [9.17, 15) is 19.7 Å². The van der Waals surface area contributed by atoms with Crippen molar-refractivity contribution in [2.75, 3.05) is 0 Å². The van der Waals surface area contributed by atoms with Crippen LogP contribution in [0.5, 0.6) is 0 Å². The number of non-ortho nitro benzene ring substituents is 1. The Labute approximate surface area is 169 Å². The SMILES string of the molecule is Cc1nc(C)c(C(=O)OC(C)C)c(-c2cccc([N+](=O)[O-])c2)c1C(=O)OC(C)C. The standard InChI is InChI=1S/C21H24N2O6/c1-11(2)28-20(24)17-13(5)22-14(6)18(21(25)29-12(3)4)19(17)15-8-7-9-16(10-15)23(26)27/h7-12H,1-6H3. The number of nitro benzene ring substituents is 1. The first-order valence-electron chi connectivity index (χ1n) is 9.20. The number of aromatic nitrogens is 1. The van der Waals surface area contributed by atoms with E-state index in [1.807, 2.05) is 0 Å². The number of nitrogens with zero attached hydrogens (tertiary/aromatic N) is 2. The van der Waals surface area contributed by atoms with E-state index in [2.05, 4.69) is 4.98 Å². The molecule has 29 heavy (non-hydrogen) atoms. The van der Waals surface area contributed by atoms with Gasteiger partial charge in [0.1, 0.15) is 0 Å². The highest BCUT2D eigenvalue weighted by atomic mass is 16.6. The number of nitro groups is 1. The van der Waals surface area contributed by atoms with Crippen LogP contribution in [0.25, 0.3) is 11.1 Å². The third kappa shape index (κ3) is 4.96. The second kappa shape index (κ2) is 8.81. The summed E-state index contributed by atoms with van der Waals surface area (Å²) in [4.78, 5) is 40.8. The monoisotopic (exact) mass is 400 g/mol. The summed E-state index contributed by atoms with van der Waals surface area (Å²) in [7, 11) is 0. The minimum absolute atomic E-state index is 0.0838. The third-order valence-electron chi connectivity index (χ3n) is 4.00. The number of aryl methyl sites for hydroxylation is 2. The minimum Gasteiger partial charge on any atom is -0.459 e. The molecular formula is C21H24N2O6. The Morgan fingerprint density at radius 1 is 0.966 bits per heavy atom. The van der Waals surface area contributed by atoms with Crippen molar-refractivity contribution in [1.29, 1.82) is 0 Å². The molecule has 0 radical (unpaired) electrons. The third-order valence-corrected chi connectivity index (χ3v) is 4.00. The lowest BCUT2D eigenvalue weighted by Crippen LogP contribution is -2.20. The van der Waals surface area contributed by atoms with Crippen LogP contribution in [0.15, 0.2) is 24.3 Å². The Balaban J connectivity index is 2.87. The maximum atomic E-state index is 12.8. The van der Waals surface area contributed by atoms with Crippen LogP contribution in [0, 0.1) is 24.0 Å². The second-order valence-corrected chi connectivity index (χ2v) is 7.12. The molecule has 0 saturated heterocycles. The van der Waals surface area contributed by atoms with E-state index in [1.54, 1.807) is 47.6 Å². The molecule has 0 atom stereocenters. The van der Waals surface area contributed by atoms with Gasteiger partial charge in [0, 0.05) is 17.7 Å². The predicted octanol–water partition coefficient (Wildman–Crippen LogP) is 4.40. The van der Waals surface area contributed by atoms with Crippen LogP contribution in [-0.2, 0) is 9.47 Å². The summed E-state index contributed by atoms with van der Waals surface area (Å²) in [6.07, 6.45) is -0.792. The highest BCUT2D eigenvalue weighted by Gasteiger charge is 2.29. The van der Waals surface area contributed by atoms with Crippen LogP contribution in [0.2, 0.25) is 0 Å². The topological polar surface area (TPSA) is 109 Å². The molecule has 0 bridgehead atoms. The van der Waals surface area contributed by atoms with Gasteiger partial charge in [-0.05, 0) is 47.1 Å². The average Bonchev–Trinajstić information content (AvgIpc) is 2.59. The van der Waals surface area contributed by atoms with Gasteiger partial charge in [0.25, 0.3) is 5.69 Å². The van der Waals surface area contributed by atoms with E-state index < -0.39 is 29.1 Å². The number of pyridine rings is 1. The van der Waals surface area contributed by atoms with Gasteiger partial charge in [0.2, 0.25) is 0 Å². The highest BCUT2D eigenvalue weighted by molar-refractivity contribution is 6.07. The summed E-state index contributed by atoms with van der Waals surface area (Å²) < 4.78 is 10.7. The molecule has 0 unspecified atom stereocenters. The van der Waals surface area contributed by atoms with E-state index in [-0.39, 0.29) is 22.4 Å². The first kappa shape index (κ1) is 22.0. The van der Waals surface area contributed by atoms with Crippen molar-refractivity contribution in [3.05, 3.63) is 56.9 Å². The van der Waals surface area contributed by atoms with Crippen LogP contribution in [-0.4, -0.2) is 34.1 Å². The number of hydrogen-bond acceptors (Lipinski definition) is 7. The summed E-state index contributed by atoms with van der Waals surface area (Å²) in [5.74, 6) is -1.32. The Morgan fingerprint density at radius 3 is 1.86 bits per heavy atom. The fourth-order valence-corrected chi connectivity index (χ4v) is 2.96. The van der Waals surface area contributed by atoms with Crippen molar-refractivity contribution in [2.24, 2.45) is 0 Å². The van der Waals surface area contributed by atoms with Crippen molar-refractivity contribution in [3.8, 4) is 11.1 Å². The summed E-state index contributed by atoms with van der Waals surface area (Å²) in [6, 6.07) is 5.74. The van der Waals surface area contributed by atoms with Crippen molar-refractivity contribution >= 4 is 17.6 Å². The molecule has 8 nitrogen and oxygen atoms in total.